The van der Waals surface area contributed by atoms with Gasteiger partial charge in [-0.05, 0) is 43.5 Å². The Morgan fingerprint density at radius 3 is 2.75 bits per heavy atom. The molecule has 2 heterocycles. The largest absolute Gasteiger partial charge is 0.497 e. The van der Waals surface area contributed by atoms with Crippen molar-refractivity contribution in [2.24, 2.45) is 0 Å². The van der Waals surface area contributed by atoms with E-state index < -0.39 is 0 Å². The first kappa shape index (κ1) is 18.6. The summed E-state index contributed by atoms with van der Waals surface area (Å²) in [7, 11) is 1.70. The van der Waals surface area contributed by atoms with Crippen LogP contribution in [0.25, 0.3) is 11.3 Å². The molecule has 1 saturated heterocycles. The van der Waals surface area contributed by atoms with Crippen LogP contribution >= 0.6 is 0 Å². The number of rotatable bonds is 6. The van der Waals surface area contributed by atoms with Gasteiger partial charge < -0.3 is 9.64 Å². The fourth-order valence-electron chi connectivity index (χ4n) is 4.05. The van der Waals surface area contributed by atoms with Gasteiger partial charge in [0.1, 0.15) is 5.75 Å². The predicted molar refractivity (Wildman–Crippen MR) is 113 cm³/mol. The van der Waals surface area contributed by atoms with Gasteiger partial charge in [-0.3, -0.25) is 9.97 Å². The smallest absolute Gasteiger partial charge is 0.119 e. The third-order valence-electron chi connectivity index (χ3n) is 5.52. The summed E-state index contributed by atoms with van der Waals surface area (Å²) in [6.45, 7) is 3.30. The fourth-order valence-corrected chi connectivity index (χ4v) is 4.05. The first-order valence-electron chi connectivity index (χ1n) is 10.0. The summed E-state index contributed by atoms with van der Waals surface area (Å²) < 4.78 is 5.40. The van der Waals surface area contributed by atoms with E-state index in [0.717, 1.165) is 55.2 Å². The lowest BCUT2D eigenvalue weighted by atomic mass is 9.91. The molecular weight excluding hydrogens is 346 g/mol. The van der Waals surface area contributed by atoms with Crippen LogP contribution in [-0.4, -0.2) is 41.6 Å². The summed E-state index contributed by atoms with van der Waals surface area (Å²) in [5.74, 6) is 1.27. The Balaban J connectivity index is 1.50. The summed E-state index contributed by atoms with van der Waals surface area (Å²) >= 11 is 0. The van der Waals surface area contributed by atoms with Crippen molar-refractivity contribution in [1.82, 2.24) is 14.9 Å². The second kappa shape index (κ2) is 8.98. The molecule has 1 fully saturated rings. The van der Waals surface area contributed by atoms with Crippen LogP contribution in [0, 0.1) is 0 Å². The van der Waals surface area contributed by atoms with Crippen LogP contribution in [0.5, 0.6) is 5.75 Å². The maximum absolute atomic E-state index is 5.40. The molecule has 0 N–H and O–H groups in total. The Morgan fingerprint density at radius 1 is 1.04 bits per heavy atom. The van der Waals surface area contributed by atoms with Gasteiger partial charge in [0.15, 0.2) is 0 Å². The molecule has 2 aromatic carbocycles. The van der Waals surface area contributed by atoms with Crippen LogP contribution in [0.1, 0.15) is 30.0 Å². The first-order chi connectivity index (χ1) is 13.8. The number of methoxy groups -OCH3 is 1. The molecule has 1 aromatic heterocycles. The standard InChI is InChI=1S/C24H27N3O/c1-28-22-11-5-9-20(17-22)23-24(26-14-13-25-23)21-10-6-15-27(18-21)16-12-19-7-3-2-4-8-19/h2-5,7-9,11,13-14,17,21H,6,10,12,15-16,18H2,1H3/t21-/m0/s1. The lowest BCUT2D eigenvalue weighted by molar-refractivity contribution is 0.208. The van der Waals surface area contributed by atoms with Crippen molar-refractivity contribution in [2.75, 3.05) is 26.7 Å². The van der Waals surface area contributed by atoms with Crippen LogP contribution < -0.4 is 4.74 Å². The SMILES string of the molecule is COc1cccc(-c2nccnc2[C@H]2CCCN(CCc3ccccc3)C2)c1. The molecule has 28 heavy (non-hydrogen) atoms. The molecule has 0 spiro atoms. The molecule has 3 aromatic rings. The number of benzene rings is 2. The summed E-state index contributed by atoms with van der Waals surface area (Å²) in [6.07, 6.45) is 7.07. The van der Waals surface area contributed by atoms with Crippen molar-refractivity contribution in [2.45, 2.75) is 25.2 Å². The van der Waals surface area contributed by atoms with Crippen molar-refractivity contribution in [1.29, 1.82) is 0 Å². The molecule has 4 nitrogen and oxygen atoms in total. The van der Waals surface area contributed by atoms with E-state index in [1.807, 2.05) is 24.4 Å². The molecule has 0 unspecified atom stereocenters. The van der Waals surface area contributed by atoms with Gasteiger partial charge in [-0.1, -0.05) is 42.5 Å². The molecule has 0 radical (unpaired) electrons. The summed E-state index contributed by atoms with van der Waals surface area (Å²) in [5, 5.41) is 0. The maximum Gasteiger partial charge on any atom is 0.119 e. The van der Waals surface area contributed by atoms with Gasteiger partial charge in [0.05, 0.1) is 18.5 Å². The number of hydrogen-bond acceptors (Lipinski definition) is 4. The minimum atomic E-state index is 0.416. The number of hydrogen-bond donors (Lipinski definition) is 0. The number of ether oxygens (including phenoxy) is 1. The fraction of sp³-hybridized carbons (Fsp3) is 0.333. The molecule has 144 valence electrons. The highest BCUT2D eigenvalue weighted by Gasteiger charge is 2.25. The molecule has 0 aliphatic carbocycles. The van der Waals surface area contributed by atoms with Crippen molar-refractivity contribution in [3.63, 3.8) is 0 Å². The van der Waals surface area contributed by atoms with Gasteiger partial charge in [0.2, 0.25) is 0 Å². The van der Waals surface area contributed by atoms with E-state index in [1.54, 1.807) is 13.3 Å². The Labute approximate surface area is 167 Å². The van der Waals surface area contributed by atoms with Crippen molar-refractivity contribution < 1.29 is 4.74 Å². The zero-order valence-corrected chi connectivity index (χ0v) is 16.4. The van der Waals surface area contributed by atoms with Crippen LogP contribution in [0.4, 0.5) is 0 Å². The van der Waals surface area contributed by atoms with E-state index >= 15 is 0 Å². The van der Waals surface area contributed by atoms with Gasteiger partial charge >= 0.3 is 0 Å². The molecule has 0 bridgehead atoms. The lowest BCUT2D eigenvalue weighted by Gasteiger charge is -2.33. The third-order valence-corrected chi connectivity index (χ3v) is 5.52. The number of piperidine rings is 1. The Kier molecular flexibility index (Phi) is 5.98. The summed E-state index contributed by atoms with van der Waals surface area (Å²) in [4.78, 5) is 12.0. The predicted octanol–water partition coefficient (Wildman–Crippen LogP) is 4.57. The minimum Gasteiger partial charge on any atom is -0.497 e. The van der Waals surface area contributed by atoms with E-state index in [4.69, 9.17) is 9.72 Å². The van der Waals surface area contributed by atoms with Gasteiger partial charge in [-0.15, -0.1) is 0 Å². The molecule has 1 aliphatic heterocycles. The summed E-state index contributed by atoms with van der Waals surface area (Å²) in [5.41, 5.74) is 4.57. The van der Waals surface area contributed by atoms with Gasteiger partial charge in [0.25, 0.3) is 0 Å². The van der Waals surface area contributed by atoms with Crippen LogP contribution in [0.2, 0.25) is 0 Å². The third kappa shape index (κ3) is 4.39. The molecule has 4 heteroatoms. The van der Waals surface area contributed by atoms with E-state index in [2.05, 4.69) is 46.3 Å². The molecular formula is C24H27N3O. The van der Waals surface area contributed by atoms with Gasteiger partial charge in [-0.25, -0.2) is 0 Å². The molecule has 4 rings (SSSR count). The molecule has 0 saturated carbocycles. The normalized spacial score (nSPS) is 17.4. The second-order valence-electron chi connectivity index (χ2n) is 7.40. The molecule has 1 atom stereocenters. The van der Waals surface area contributed by atoms with E-state index in [1.165, 1.54) is 12.0 Å². The van der Waals surface area contributed by atoms with E-state index in [0.29, 0.717) is 5.92 Å². The zero-order chi connectivity index (χ0) is 19.2. The Morgan fingerprint density at radius 2 is 1.89 bits per heavy atom. The maximum atomic E-state index is 5.40. The highest BCUT2D eigenvalue weighted by molar-refractivity contribution is 5.64. The number of aromatic nitrogens is 2. The topological polar surface area (TPSA) is 38.3 Å². The average Bonchev–Trinajstić information content (AvgIpc) is 2.78. The van der Waals surface area contributed by atoms with E-state index in [-0.39, 0.29) is 0 Å². The molecule has 0 amide bonds. The van der Waals surface area contributed by atoms with Crippen LogP contribution in [-0.2, 0) is 6.42 Å². The summed E-state index contributed by atoms with van der Waals surface area (Å²) in [6, 6.07) is 18.9. The Bertz CT molecular complexity index is 897. The minimum absolute atomic E-state index is 0.416. The van der Waals surface area contributed by atoms with Gasteiger partial charge in [-0.2, -0.15) is 0 Å². The number of nitrogens with zero attached hydrogens (tertiary/aromatic N) is 3. The Hall–Kier alpha value is -2.72. The zero-order valence-electron chi connectivity index (χ0n) is 16.4. The monoisotopic (exact) mass is 373 g/mol. The van der Waals surface area contributed by atoms with Crippen LogP contribution in [0.3, 0.4) is 0 Å². The highest BCUT2D eigenvalue weighted by Crippen LogP contribution is 2.32. The van der Waals surface area contributed by atoms with Crippen molar-refractivity contribution in [3.8, 4) is 17.0 Å². The second-order valence-corrected chi connectivity index (χ2v) is 7.40. The average molecular weight is 374 g/mol. The lowest BCUT2D eigenvalue weighted by Crippen LogP contribution is -2.36. The van der Waals surface area contributed by atoms with Crippen LogP contribution in [0.15, 0.2) is 67.0 Å². The first-order valence-corrected chi connectivity index (χ1v) is 10.0. The number of likely N-dealkylation sites (tertiary alicyclic amines) is 1. The van der Waals surface area contributed by atoms with Gasteiger partial charge in [0, 0.05) is 37.0 Å². The highest BCUT2D eigenvalue weighted by atomic mass is 16.5. The molecule has 1 aliphatic rings. The quantitative estimate of drug-likeness (QED) is 0.634. The van der Waals surface area contributed by atoms with Crippen molar-refractivity contribution >= 4 is 0 Å². The van der Waals surface area contributed by atoms with E-state index in [9.17, 15) is 0 Å². The van der Waals surface area contributed by atoms with Crippen molar-refractivity contribution in [3.05, 3.63) is 78.2 Å².